The summed E-state index contributed by atoms with van der Waals surface area (Å²) in [4.78, 5) is 93.9. The summed E-state index contributed by atoms with van der Waals surface area (Å²) in [7, 11) is 0. The molecule has 0 saturated carbocycles. The molecule has 2 saturated heterocycles. The minimum absolute atomic E-state index is 0.174. The standard InChI is InChI=1S/C32H55N7O10S/c1-7-16(2)24(31(47)39-14-9-11-22(39)32(48)49)36-26(42)17(3)34-27(43)21-10-8-13-38(21)30(46)20(12-15-50-6)35-29(45)25(19(5)41)37-28(44)23(33)18(4)40/h16-25,40-41H,7-15,33H2,1-6H3,(H,34,43)(H,35,45)(H,36,42)(H,37,44)(H,48,49)/t16-,17-,18+,19+,20-,21-,22-,23-,24-,25-/m0/s1. The molecule has 0 aromatic rings. The number of carboxylic acids is 1. The van der Waals surface area contributed by atoms with Gasteiger partial charge in [-0.1, -0.05) is 20.3 Å². The number of thioether (sulfide) groups is 1. The van der Waals surface area contributed by atoms with E-state index in [4.69, 9.17) is 5.73 Å². The quantitative estimate of drug-likeness (QED) is 0.0755. The van der Waals surface area contributed by atoms with E-state index in [0.717, 1.165) is 0 Å². The average molecular weight is 730 g/mol. The van der Waals surface area contributed by atoms with E-state index in [1.54, 1.807) is 6.92 Å². The van der Waals surface area contributed by atoms with Crippen molar-refractivity contribution in [3.63, 3.8) is 0 Å². The van der Waals surface area contributed by atoms with Crippen LogP contribution in [-0.4, -0.2) is 146 Å². The van der Waals surface area contributed by atoms with Crippen LogP contribution in [0.15, 0.2) is 0 Å². The highest BCUT2D eigenvalue weighted by molar-refractivity contribution is 7.98. The third kappa shape index (κ3) is 11.3. The van der Waals surface area contributed by atoms with Gasteiger partial charge in [-0.2, -0.15) is 11.8 Å². The van der Waals surface area contributed by atoms with E-state index in [2.05, 4.69) is 21.3 Å². The zero-order valence-corrected chi connectivity index (χ0v) is 30.5. The first-order valence-electron chi connectivity index (χ1n) is 17.1. The Balaban J connectivity index is 2.15. The van der Waals surface area contributed by atoms with Crippen LogP contribution < -0.4 is 27.0 Å². The van der Waals surface area contributed by atoms with Crippen LogP contribution in [0.25, 0.3) is 0 Å². The van der Waals surface area contributed by atoms with Crippen LogP contribution >= 0.6 is 11.8 Å². The predicted molar refractivity (Wildman–Crippen MR) is 184 cm³/mol. The number of hydrogen-bond acceptors (Lipinski definition) is 11. The molecule has 2 rings (SSSR count). The number of nitrogens with two attached hydrogens (primary N) is 1. The lowest BCUT2D eigenvalue weighted by Crippen LogP contribution is -2.61. The molecule has 0 aromatic heterocycles. The number of hydrogen-bond donors (Lipinski definition) is 8. The van der Waals surface area contributed by atoms with Crippen LogP contribution in [0.1, 0.15) is 73.1 Å². The van der Waals surface area contributed by atoms with Crippen molar-refractivity contribution in [3.8, 4) is 0 Å². The van der Waals surface area contributed by atoms with Crippen LogP contribution in [0, 0.1) is 5.92 Å². The van der Waals surface area contributed by atoms with Gasteiger partial charge in [-0.3, -0.25) is 28.8 Å². The van der Waals surface area contributed by atoms with Gasteiger partial charge in [0.15, 0.2) is 0 Å². The number of nitrogens with one attached hydrogen (secondary N) is 4. The molecule has 2 aliphatic rings. The maximum atomic E-state index is 13.8. The number of carboxylic acid groups (broad SMARTS) is 1. The maximum absolute atomic E-state index is 13.8. The first-order chi connectivity index (χ1) is 23.5. The van der Waals surface area contributed by atoms with E-state index in [1.807, 2.05) is 13.2 Å². The van der Waals surface area contributed by atoms with E-state index in [9.17, 15) is 48.9 Å². The fraction of sp³-hybridized carbons (Fsp3) is 0.781. The number of amides is 6. The summed E-state index contributed by atoms with van der Waals surface area (Å²) in [5.41, 5.74) is 5.66. The van der Waals surface area contributed by atoms with E-state index < -0.39 is 95.9 Å². The molecule has 18 heteroatoms. The minimum atomic E-state index is -1.49. The van der Waals surface area contributed by atoms with Crippen LogP contribution in [0.5, 0.6) is 0 Å². The van der Waals surface area contributed by atoms with Gasteiger partial charge in [0.25, 0.3) is 0 Å². The van der Waals surface area contributed by atoms with Gasteiger partial charge in [-0.15, -0.1) is 0 Å². The predicted octanol–water partition coefficient (Wildman–Crippen LogP) is -2.10. The Morgan fingerprint density at radius 1 is 0.780 bits per heavy atom. The zero-order chi connectivity index (χ0) is 37.9. The maximum Gasteiger partial charge on any atom is 0.326 e. The Morgan fingerprint density at radius 3 is 1.86 bits per heavy atom. The highest BCUT2D eigenvalue weighted by Gasteiger charge is 2.42. The van der Waals surface area contributed by atoms with Crippen molar-refractivity contribution < 1.29 is 48.9 Å². The monoisotopic (exact) mass is 729 g/mol. The highest BCUT2D eigenvalue weighted by atomic mass is 32.2. The van der Waals surface area contributed by atoms with Gasteiger partial charge < -0.3 is 52.1 Å². The first kappa shape index (κ1) is 42.7. The van der Waals surface area contributed by atoms with E-state index >= 15 is 0 Å². The number of carbonyl (C=O) groups excluding carboxylic acids is 6. The van der Waals surface area contributed by atoms with Gasteiger partial charge in [0, 0.05) is 13.1 Å². The molecule has 6 amide bonds. The van der Waals surface area contributed by atoms with Crippen molar-refractivity contribution >= 4 is 53.2 Å². The Labute approximate surface area is 297 Å². The van der Waals surface area contributed by atoms with E-state index in [1.165, 1.54) is 42.3 Å². The molecule has 0 unspecified atom stereocenters. The second kappa shape index (κ2) is 19.8. The second-order valence-corrected chi connectivity index (χ2v) is 14.1. The van der Waals surface area contributed by atoms with Crippen molar-refractivity contribution in [1.82, 2.24) is 31.1 Å². The summed E-state index contributed by atoms with van der Waals surface area (Å²) in [6.45, 7) is 8.10. The Hall–Kier alpha value is -3.48. The molecule has 2 fully saturated rings. The molecule has 0 bridgehead atoms. The number of nitrogens with zero attached hydrogens (tertiary/aromatic N) is 2. The highest BCUT2D eigenvalue weighted by Crippen LogP contribution is 2.22. The molecule has 0 spiro atoms. The lowest BCUT2D eigenvalue weighted by molar-refractivity contribution is -0.150. The fourth-order valence-electron chi connectivity index (χ4n) is 5.93. The van der Waals surface area contributed by atoms with Crippen molar-refractivity contribution in [1.29, 1.82) is 0 Å². The number of carbonyl (C=O) groups is 7. The van der Waals surface area contributed by atoms with Crippen molar-refractivity contribution in [2.75, 3.05) is 25.1 Å². The van der Waals surface area contributed by atoms with Crippen molar-refractivity contribution in [3.05, 3.63) is 0 Å². The number of rotatable bonds is 18. The third-order valence-corrected chi connectivity index (χ3v) is 9.94. The Bertz CT molecular complexity index is 1240. The summed E-state index contributed by atoms with van der Waals surface area (Å²) in [5.74, 6) is -5.01. The summed E-state index contributed by atoms with van der Waals surface area (Å²) in [6, 6.07) is -8.00. The fourth-order valence-corrected chi connectivity index (χ4v) is 6.41. The Morgan fingerprint density at radius 2 is 1.34 bits per heavy atom. The van der Waals surface area contributed by atoms with E-state index in [0.29, 0.717) is 31.4 Å². The van der Waals surface area contributed by atoms with Gasteiger partial charge >= 0.3 is 5.97 Å². The minimum Gasteiger partial charge on any atom is -0.480 e. The number of likely N-dealkylation sites (tertiary alicyclic amines) is 2. The topological polar surface area (TPSA) is 261 Å². The molecular formula is C32H55N7O10S. The lowest BCUT2D eigenvalue weighted by atomic mass is 9.97. The molecule has 50 heavy (non-hydrogen) atoms. The second-order valence-electron chi connectivity index (χ2n) is 13.2. The molecule has 0 radical (unpaired) electrons. The largest absolute Gasteiger partial charge is 0.480 e. The SMILES string of the molecule is CC[C@H](C)[C@H](NC(=O)[C@H](C)NC(=O)[C@@H]1CCCN1C(=O)[C@H](CCSC)NC(=O)[C@@H](NC(=O)[C@@H](N)[C@@H](C)O)[C@@H](C)O)C(=O)N1CCC[C@H]1C(=O)O. The van der Waals surface area contributed by atoms with Crippen LogP contribution in [-0.2, 0) is 33.6 Å². The summed E-state index contributed by atoms with van der Waals surface area (Å²) >= 11 is 1.42. The van der Waals surface area contributed by atoms with Gasteiger partial charge in [-0.25, -0.2) is 4.79 Å². The molecule has 2 heterocycles. The van der Waals surface area contributed by atoms with Crippen LogP contribution in [0.3, 0.4) is 0 Å². The number of aliphatic hydroxyl groups is 2. The lowest BCUT2D eigenvalue weighted by Gasteiger charge is -2.32. The van der Waals surface area contributed by atoms with Crippen LogP contribution in [0.4, 0.5) is 0 Å². The van der Waals surface area contributed by atoms with Crippen molar-refractivity contribution in [2.24, 2.45) is 11.7 Å². The van der Waals surface area contributed by atoms with Crippen molar-refractivity contribution in [2.45, 2.75) is 128 Å². The van der Waals surface area contributed by atoms with Gasteiger partial charge in [0.05, 0.1) is 12.2 Å². The molecule has 2 aliphatic heterocycles. The normalized spacial score (nSPS) is 22.3. The summed E-state index contributed by atoms with van der Waals surface area (Å²) in [6.07, 6.45) is 1.53. The Kier molecular flexibility index (Phi) is 16.9. The molecule has 10 atom stereocenters. The molecule has 0 aliphatic carbocycles. The molecule has 17 nitrogen and oxygen atoms in total. The van der Waals surface area contributed by atoms with Gasteiger partial charge in [0.1, 0.15) is 42.3 Å². The number of aliphatic hydroxyl groups excluding tert-OH is 2. The molecule has 0 aromatic carbocycles. The molecule has 9 N–H and O–H groups in total. The molecular weight excluding hydrogens is 674 g/mol. The zero-order valence-electron chi connectivity index (χ0n) is 29.7. The third-order valence-electron chi connectivity index (χ3n) is 9.30. The van der Waals surface area contributed by atoms with E-state index in [-0.39, 0.29) is 31.8 Å². The average Bonchev–Trinajstić information content (AvgIpc) is 3.77. The number of aliphatic carboxylic acids is 1. The summed E-state index contributed by atoms with van der Waals surface area (Å²) in [5, 5.41) is 39.7. The van der Waals surface area contributed by atoms with Crippen LogP contribution in [0.2, 0.25) is 0 Å². The van der Waals surface area contributed by atoms with Gasteiger partial charge in [0.2, 0.25) is 35.4 Å². The first-order valence-corrected chi connectivity index (χ1v) is 18.5. The van der Waals surface area contributed by atoms with Gasteiger partial charge in [-0.05, 0) is 70.8 Å². The smallest absolute Gasteiger partial charge is 0.326 e. The summed E-state index contributed by atoms with van der Waals surface area (Å²) < 4.78 is 0. The molecule has 284 valence electrons.